The second-order valence-corrected chi connectivity index (χ2v) is 7.65. The van der Waals surface area contributed by atoms with Gasteiger partial charge in [0.1, 0.15) is 11.8 Å². The van der Waals surface area contributed by atoms with Gasteiger partial charge < -0.3 is 20.3 Å². The maximum absolute atomic E-state index is 12.8. The summed E-state index contributed by atoms with van der Waals surface area (Å²) in [6.45, 7) is 5.99. The Balaban J connectivity index is 1.63. The molecule has 0 aromatic heterocycles. The van der Waals surface area contributed by atoms with Crippen LogP contribution in [0.5, 0.6) is 5.75 Å². The number of anilines is 2. The Morgan fingerprint density at radius 2 is 1.59 bits per heavy atom. The Morgan fingerprint density at radius 3 is 2.14 bits per heavy atom. The summed E-state index contributed by atoms with van der Waals surface area (Å²) in [5.74, 6) is 0.111. The van der Waals surface area contributed by atoms with E-state index in [0.29, 0.717) is 11.3 Å². The Kier molecular flexibility index (Phi) is 6.75. The maximum atomic E-state index is 12.8. The molecular formula is C23H29N3O3. The van der Waals surface area contributed by atoms with Crippen molar-refractivity contribution in [3.05, 3.63) is 54.1 Å². The molecule has 2 aromatic rings. The molecule has 154 valence electrons. The monoisotopic (exact) mass is 395 g/mol. The minimum Gasteiger partial charge on any atom is -0.497 e. The topological polar surface area (TPSA) is 70.7 Å². The number of methoxy groups -OCH3 is 1. The Labute approximate surface area is 172 Å². The summed E-state index contributed by atoms with van der Waals surface area (Å²) >= 11 is 0. The molecule has 0 radical (unpaired) electrons. The third-order valence-corrected chi connectivity index (χ3v) is 5.19. The SMILES string of the molecule is COc1ccc(C(=O)NC(C(=O)Nc2ccc(N3CCCC3)cc2)C(C)C)cc1. The van der Waals surface area contributed by atoms with Gasteiger partial charge in [-0.25, -0.2) is 0 Å². The van der Waals surface area contributed by atoms with Gasteiger partial charge in [0, 0.05) is 30.0 Å². The number of hydrogen-bond acceptors (Lipinski definition) is 4. The van der Waals surface area contributed by atoms with Crippen molar-refractivity contribution in [2.45, 2.75) is 32.7 Å². The smallest absolute Gasteiger partial charge is 0.251 e. The summed E-state index contributed by atoms with van der Waals surface area (Å²) in [4.78, 5) is 27.7. The van der Waals surface area contributed by atoms with E-state index in [2.05, 4.69) is 15.5 Å². The average Bonchev–Trinajstić information content (AvgIpc) is 3.27. The molecule has 1 aliphatic rings. The van der Waals surface area contributed by atoms with Gasteiger partial charge in [-0.1, -0.05) is 13.8 Å². The minimum atomic E-state index is -0.636. The van der Waals surface area contributed by atoms with Crippen molar-refractivity contribution < 1.29 is 14.3 Å². The summed E-state index contributed by atoms with van der Waals surface area (Å²) in [7, 11) is 1.58. The Bertz CT molecular complexity index is 825. The fourth-order valence-electron chi connectivity index (χ4n) is 3.45. The van der Waals surface area contributed by atoms with Crippen molar-refractivity contribution in [1.29, 1.82) is 0 Å². The summed E-state index contributed by atoms with van der Waals surface area (Å²) in [5, 5.41) is 5.77. The molecule has 1 fully saturated rings. The predicted octanol–water partition coefficient (Wildman–Crippen LogP) is 3.69. The van der Waals surface area contributed by atoms with E-state index in [9.17, 15) is 9.59 Å². The molecule has 0 bridgehead atoms. The number of nitrogens with one attached hydrogen (secondary N) is 2. The highest BCUT2D eigenvalue weighted by atomic mass is 16.5. The first-order chi connectivity index (χ1) is 14.0. The van der Waals surface area contributed by atoms with E-state index in [1.807, 2.05) is 38.1 Å². The van der Waals surface area contributed by atoms with Gasteiger partial charge in [-0.2, -0.15) is 0 Å². The van der Waals surface area contributed by atoms with E-state index in [-0.39, 0.29) is 17.7 Å². The van der Waals surface area contributed by atoms with Gasteiger partial charge in [0.25, 0.3) is 5.91 Å². The van der Waals surface area contributed by atoms with Crippen LogP contribution in [0, 0.1) is 5.92 Å². The maximum Gasteiger partial charge on any atom is 0.251 e. The van der Waals surface area contributed by atoms with Crippen molar-refractivity contribution >= 4 is 23.2 Å². The van der Waals surface area contributed by atoms with Crippen LogP contribution in [0.4, 0.5) is 11.4 Å². The number of amides is 2. The van der Waals surface area contributed by atoms with Crippen LogP contribution in [0.15, 0.2) is 48.5 Å². The number of carbonyl (C=O) groups excluding carboxylic acids is 2. The third-order valence-electron chi connectivity index (χ3n) is 5.19. The van der Waals surface area contributed by atoms with E-state index >= 15 is 0 Å². The molecule has 1 heterocycles. The lowest BCUT2D eigenvalue weighted by molar-refractivity contribution is -0.118. The zero-order valence-electron chi connectivity index (χ0n) is 17.3. The van der Waals surface area contributed by atoms with Crippen molar-refractivity contribution in [3.63, 3.8) is 0 Å². The number of nitrogens with zero attached hydrogens (tertiary/aromatic N) is 1. The molecule has 1 aliphatic heterocycles. The largest absolute Gasteiger partial charge is 0.497 e. The van der Waals surface area contributed by atoms with E-state index < -0.39 is 6.04 Å². The molecule has 0 saturated carbocycles. The first kappa shape index (κ1) is 20.7. The molecule has 2 aromatic carbocycles. The molecule has 2 amide bonds. The van der Waals surface area contributed by atoms with Gasteiger partial charge >= 0.3 is 0 Å². The highest BCUT2D eigenvalue weighted by molar-refractivity contribution is 6.01. The van der Waals surface area contributed by atoms with Crippen LogP contribution >= 0.6 is 0 Å². The quantitative estimate of drug-likeness (QED) is 0.750. The number of carbonyl (C=O) groups is 2. The van der Waals surface area contributed by atoms with Crippen LogP contribution in [-0.2, 0) is 4.79 Å². The second kappa shape index (κ2) is 9.45. The first-order valence-corrected chi connectivity index (χ1v) is 10.1. The molecule has 6 heteroatoms. The molecule has 1 atom stereocenters. The second-order valence-electron chi connectivity index (χ2n) is 7.65. The van der Waals surface area contributed by atoms with Crippen molar-refractivity contribution in [1.82, 2.24) is 5.32 Å². The zero-order valence-corrected chi connectivity index (χ0v) is 17.3. The van der Waals surface area contributed by atoms with Crippen LogP contribution < -0.4 is 20.3 Å². The van der Waals surface area contributed by atoms with Crippen molar-refractivity contribution in [2.24, 2.45) is 5.92 Å². The van der Waals surface area contributed by atoms with Gasteiger partial charge in [-0.15, -0.1) is 0 Å². The van der Waals surface area contributed by atoms with E-state index in [1.54, 1.807) is 31.4 Å². The zero-order chi connectivity index (χ0) is 20.8. The molecule has 3 rings (SSSR count). The fraction of sp³-hybridized carbons (Fsp3) is 0.391. The predicted molar refractivity (Wildman–Crippen MR) is 116 cm³/mol. The van der Waals surface area contributed by atoms with Gasteiger partial charge in [0.05, 0.1) is 7.11 Å². The van der Waals surface area contributed by atoms with E-state index in [4.69, 9.17) is 4.74 Å². The number of hydrogen-bond donors (Lipinski definition) is 2. The van der Waals surface area contributed by atoms with Gasteiger partial charge in [0.15, 0.2) is 0 Å². The van der Waals surface area contributed by atoms with Crippen molar-refractivity contribution in [2.75, 3.05) is 30.4 Å². The third kappa shape index (κ3) is 5.28. The molecule has 0 aliphatic carbocycles. The van der Waals surface area contributed by atoms with Crippen LogP contribution in [0.2, 0.25) is 0 Å². The lowest BCUT2D eigenvalue weighted by Crippen LogP contribution is -2.47. The highest BCUT2D eigenvalue weighted by Crippen LogP contribution is 2.22. The first-order valence-electron chi connectivity index (χ1n) is 10.1. The van der Waals surface area contributed by atoms with Crippen LogP contribution in [0.3, 0.4) is 0 Å². The van der Waals surface area contributed by atoms with E-state index in [0.717, 1.165) is 18.8 Å². The van der Waals surface area contributed by atoms with Crippen LogP contribution in [0.1, 0.15) is 37.0 Å². The highest BCUT2D eigenvalue weighted by Gasteiger charge is 2.25. The number of ether oxygens (including phenoxy) is 1. The summed E-state index contributed by atoms with van der Waals surface area (Å²) in [5.41, 5.74) is 2.38. The van der Waals surface area contributed by atoms with Crippen molar-refractivity contribution in [3.8, 4) is 5.75 Å². The lowest BCUT2D eigenvalue weighted by atomic mass is 10.0. The minimum absolute atomic E-state index is 0.0546. The molecule has 6 nitrogen and oxygen atoms in total. The molecule has 0 spiro atoms. The standard InChI is InChI=1S/C23H29N3O3/c1-16(2)21(25-22(27)17-6-12-20(29-3)13-7-17)23(28)24-18-8-10-19(11-9-18)26-14-4-5-15-26/h6-13,16,21H,4-5,14-15H2,1-3H3,(H,24,28)(H,25,27). The van der Waals surface area contributed by atoms with Crippen LogP contribution in [0.25, 0.3) is 0 Å². The Morgan fingerprint density at radius 1 is 0.966 bits per heavy atom. The molecular weight excluding hydrogens is 366 g/mol. The summed E-state index contributed by atoms with van der Waals surface area (Å²) in [6.07, 6.45) is 2.45. The average molecular weight is 396 g/mol. The molecule has 2 N–H and O–H groups in total. The Hall–Kier alpha value is -3.02. The van der Waals surface area contributed by atoms with Crippen LogP contribution in [-0.4, -0.2) is 38.1 Å². The number of rotatable bonds is 7. The van der Waals surface area contributed by atoms with E-state index in [1.165, 1.54) is 18.5 Å². The lowest BCUT2D eigenvalue weighted by Gasteiger charge is -2.22. The van der Waals surface area contributed by atoms with Gasteiger partial charge in [-0.05, 0) is 67.3 Å². The fourth-order valence-corrected chi connectivity index (χ4v) is 3.45. The molecule has 1 unspecified atom stereocenters. The summed E-state index contributed by atoms with van der Waals surface area (Å²) in [6, 6.07) is 14.1. The molecule has 1 saturated heterocycles. The number of benzene rings is 2. The normalized spacial score (nSPS) is 14.6. The molecule has 29 heavy (non-hydrogen) atoms. The van der Waals surface area contributed by atoms with Gasteiger partial charge in [-0.3, -0.25) is 9.59 Å². The summed E-state index contributed by atoms with van der Waals surface area (Å²) < 4.78 is 5.11. The van der Waals surface area contributed by atoms with Gasteiger partial charge in [0.2, 0.25) is 5.91 Å².